The third kappa shape index (κ3) is 1.91. The first-order chi connectivity index (χ1) is 6.79. The summed E-state index contributed by atoms with van der Waals surface area (Å²) in [4.78, 5) is 14.0. The molecule has 0 unspecified atom stereocenters. The minimum Gasteiger partial charge on any atom is -0.377 e. The molecule has 1 amide bonds. The second kappa shape index (κ2) is 4.28. The highest BCUT2D eigenvalue weighted by molar-refractivity contribution is 5.79. The minimum atomic E-state index is 0.204. The van der Waals surface area contributed by atoms with Gasteiger partial charge in [0.1, 0.15) is 0 Å². The lowest BCUT2D eigenvalue weighted by atomic mass is 10.1. The lowest BCUT2D eigenvalue weighted by Gasteiger charge is -2.34. The summed E-state index contributed by atoms with van der Waals surface area (Å²) in [5, 5.41) is 3.23. The van der Waals surface area contributed by atoms with Crippen molar-refractivity contribution in [2.24, 2.45) is 5.92 Å². The van der Waals surface area contributed by atoms with Gasteiger partial charge in [0.15, 0.2) is 0 Å². The van der Waals surface area contributed by atoms with Crippen LogP contribution in [0.5, 0.6) is 0 Å². The summed E-state index contributed by atoms with van der Waals surface area (Å²) in [6, 6.07) is 0.247. The van der Waals surface area contributed by atoms with E-state index in [1.807, 2.05) is 4.90 Å². The molecule has 0 spiro atoms. The van der Waals surface area contributed by atoms with Gasteiger partial charge in [0.05, 0.1) is 25.2 Å². The van der Waals surface area contributed by atoms with Crippen LogP contribution in [0.4, 0.5) is 0 Å². The van der Waals surface area contributed by atoms with Crippen LogP contribution < -0.4 is 5.32 Å². The Morgan fingerprint density at radius 3 is 3.07 bits per heavy atom. The quantitative estimate of drug-likeness (QED) is 0.637. The molecule has 1 N–H and O–H groups in total. The molecule has 0 aromatic heterocycles. The smallest absolute Gasteiger partial charge is 0.227 e. The molecule has 80 valence electrons. The van der Waals surface area contributed by atoms with Gasteiger partial charge in [-0.2, -0.15) is 0 Å². The first kappa shape index (κ1) is 9.93. The first-order valence-electron chi connectivity index (χ1n) is 5.38. The van der Waals surface area contributed by atoms with Crippen molar-refractivity contribution in [1.29, 1.82) is 0 Å². The summed E-state index contributed by atoms with van der Waals surface area (Å²) >= 11 is 0. The molecule has 0 bridgehead atoms. The second-order valence-corrected chi connectivity index (χ2v) is 4.15. The van der Waals surface area contributed by atoms with Crippen LogP contribution in [0.25, 0.3) is 0 Å². The Labute approximate surface area is 84.6 Å². The monoisotopic (exact) mass is 198 g/mol. The molecule has 14 heavy (non-hydrogen) atoms. The van der Waals surface area contributed by atoms with E-state index in [-0.39, 0.29) is 12.0 Å². The first-order valence-corrected chi connectivity index (χ1v) is 5.38. The van der Waals surface area contributed by atoms with Crippen LogP contribution in [-0.2, 0) is 9.53 Å². The number of amides is 1. The van der Waals surface area contributed by atoms with E-state index in [1.54, 1.807) is 0 Å². The molecule has 2 aliphatic heterocycles. The Morgan fingerprint density at radius 1 is 1.57 bits per heavy atom. The van der Waals surface area contributed by atoms with Gasteiger partial charge in [-0.1, -0.05) is 0 Å². The number of carbonyl (C=O) groups excluding carboxylic acids is 1. The SMILES string of the molecule is C[C@@H]1COCCN1C(=O)[C@H]1CCNC1. The highest BCUT2D eigenvalue weighted by atomic mass is 16.5. The number of nitrogens with one attached hydrogen (secondary N) is 1. The number of hydrogen-bond donors (Lipinski definition) is 1. The number of carbonyl (C=O) groups is 1. The van der Waals surface area contributed by atoms with E-state index in [0.29, 0.717) is 19.1 Å². The summed E-state index contributed by atoms with van der Waals surface area (Å²) in [7, 11) is 0. The zero-order valence-electron chi connectivity index (χ0n) is 8.66. The van der Waals surface area contributed by atoms with Gasteiger partial charge in [0, 0.05) is 13.1 Å². The van der Waals surface area contributed by atoms with Gasteiger partial charge in [-0.05, 0) is 19.9 Å². The molecule has 2 saturated heterocycles. The summed E-state index contributed by atoms with van der Waals surface area (Å²) in [5.41, 5.74) is 0. The largest absolute Gasteiger partial charge is 0.377 e. The van der Waals surface area contributed by atoms with Crippen LogP contribution in [0, 0.1) is 5.92 Å². The van der Waals surface area contributed by atoms with Crippen LogP contribution in [0.2, 0.25) is 0 Å². The highest BCUT2D eigenvalue weighted by Gasteiger charge is 2.31. The van der Waals surface area contributed by atoms with Crippen LogP contribution >= 0.6 is 0 Å². The highest BCUT2D eigenvalue weighted by Crippen LogP contribution is 2.15. The Balaban J connectivity index is 1.94. The maximum atomic E-state index is 12.0. The summed E-state index contributed by atoms with van der Waals surface area (Å²) in [6.45, 7) is 6.02. The van der Waals surface area contributed by atoms with Crippen molar-refractivity contribution >= 4 is 5.91 Å². The molecule has 0 aliphatic carbocycles. The number of hydrogen-bond acceptors (Lipinski definition) is 3. The van der Waals surface area contributed by atoms with Crippen LogP contribution in [0.15, 0.2) is 0 Å². The van der Waals surface area contributed by atoms with Gasteiger partial charge in [-0.3, -0.25) is 4.79 Å². The zero-order chi connectivity index (χ0) is 9.97. The van der Waals surface area contributed by atoms with Crippen LogP contribution in [0.3, 0.4) is 0 Å². The molecule has 0 radical (unpaired) electrons. The van der Waals surface area contributed by atoms with Gasteiger partial charge in [0.25, 0.3) is 0 Å². The fraction of sp³-hybridized carbons (Fsp3) is 0.900. The maximum absolute atomic E-state index is 12.0. The van der Waals surface area contributed by atoms with Crippen molar-refractivity contribution in [2.75, 3.05) is 32.8 Å². The Kier molecular flexibility index (Phi) is 3.03. The van der Waals surface area contributed by atoms with Crippen molar-refractivity contribution < 1.29 is 9.53 Å². The van der Waals surface area contributed by atoms with Crippen LogP contribution in [0.1, 0.15) is 13.3 Å². The third-order valence-corrected chi connectivity index (χ3v) is 3.06. The average Bonchev–Trinajstić information content (AvgIpc) is 2.70. The predicted molar refractivity (Wildman–Crippen MR) is 53.0 cm³/mol. The van der Waals surface area contributed by atoms with Crippen molar-refractivity contribution in [3.05, 3.63) is 0 Å². The number of morpholine rings is 1. The van der Waals surface area contributed by atoms with Gasteiger partial charge in [-0.15, -0.1) is 0 Å². The summed E-state index contributed by atoms with van der Waals surface area (Å²) in [5.74, 6) is 0.515. The van der Waals surface area contributed by atoms with E-state index in [9.17, 15) is 4.79 Å². The summed E-state index contributed by atoms with van der Waals surface area (Å²) in [6.07, 6.45) is 0.989. The van der Waals surface area contributed by atoms with Gasteiger partial charge in [0.2, 0.25) is 5.91 Å². The standard InChI is InChI=1S/C10H18N2O2/c1-8-7-14-5-4-12(8)10(13)9-2-3-11-6-9/h8-9,11H,2-7H2,1H3/t8-,9+/m1/s1. The number of ether oxygens (including phenoxy) is 1. The van der Waals surface area contributed by atoms with Gasteiger partial charge >= 0.3 is 0 Å². The third-order valence-electron chi connectivity index (χ3n) is 3.06. The predicted octanol–water partition coefficient (Wildman–Crippen LogP) is -0.157. The molecule has 2 rings (SSSR count). The molecule has 0 aromatic rings. The fourth-order valence-electron chi connectivity index (χ4n) is 2.15. The van der Waals surface area contributed by atoms with E-state index in [2.05, 4.69) is 12.2 Å². The molecule has 0 saturated carbocycles. The van der Waals surface area contributed by atoms with E-state index in [4.69, 9.17) is 4.74 Å². The van der Waals surface area contributed by atoms with E-state index < -0.39 is 0 Å². The molecule has 4 heteroatoms. The lowest BCUT2D eigenvalue weighted by Crippen LogP contribution is -2.49. The lowest BCUT2D eigenvalue weighted by molar-refractivity contribution is -0.142. The zero-order valence-corrected chi connectivity index (χ0v) is 8.66. The van der Waals surface area contributed by atoms with Crippen molar-refractivity contribution in [3.8, 4) is 0 Å². The van der Waals surface area contributed by atoms with Crippen LogP contribution in [-0.4, -0.2) is 49.7 Å². The molecule has 2 fully saturated rings. The second-order valence-electron chi connectivity index (χ2n) is 4.15. The molecule has 2 aliphatic rings. The maximum Gasteiger partial charge on any atom is 0.227 e. The van der Waals surface area contributed by atoms with Gasteiger partial charge < -0.3 is 15.0 Å². The molecule has 0 aromatic carbocycles. The molecule has 2 atom stereocenters. The van der Waals surface area contributed by atoms with Crippen molar-refractivity contribution in [1.82, 2.24) is 10.2 Å². The van der Waals surface area contributed by atoms with Gasteiger partial charge in [-0.25, -0.2) is 0 Å². The van der Waals surface area contributed by atoms with E-state index in [1.165, 1.54) is 0 Å². The van der Waals surface area contributed by atoms with Crippen molar-refractivity contribution in [3.63, 3.8) is 0 Å². The van der Waals surface area contributed by atoms with E-state index in [0.717, 1.165) is 26.1 Å². The number of rotatable bonds is 1. The fourth-order valence-corrected chi connectivity index (χ4v) is 2.15. The Bertz CT molecular complexity index is 214. The molecule has 2 heterocycles. The minimum absolute atomic E-state index is 0.204. The number of nitrogens with zero attached hydrogens (tertiary/aromatic N) is 1. The average molecular weight is 198 g/mol. The topological polar surface area (TPSA) is 41.6 Å². The van der Waals surface area contributed by atoms with E-state index >= 15 is 0 Å². The summed E-state index contributed by atoms with van der Waals surface area (Å²) < 4.78 is 5.32. The molecule has 4 nitrogen and oxygen atoms in total. The Morgan fingerprint density at radius 2 is 2.43 bits per heavy atom. The molecular formula is C10H18N2O2. The molecular weight excluding hydrogens is 180 g/mol. The van der Waals surface area contributed by atoms with Crippen molar-refractivity contribution in [2.45, 2.75) is 19.4 Å². The Hall–Kier alpha value is -0.610. The normalized spacial score (nSPS) is 33.4.